The number of pyridine rings is 2. The first-order valence-corrected chi connectivity index (χ1v) is 9.20. The fourth-order valence-electron chi connectivity index (χ4n) is 3.11. The van der Waals surface area contributed by atoms with E-state index in [1.807, 2.05) is 0 Å². The van der Waals surface area contributed by atoms with Gasteiger partial charge in [0.1, 0.15) is 35.4 Å². The highest BCUT2D eigenvalue weighted by Gasteiger charge is 2.39. The number of nitrogens with zero attached hydrogens (tertiary/aromatic N) is 8. The number of rotatable bonds is 4. The molecule has 4 aromatic heterocycles. The summed E-state index contributed by atoms with van der Waals surface area (Å²) in [6, 6.07) is 10.0. The van der Waals surface area contributed by atoms with Crippen LogP contribution in [0.3, 0.4) is 0 Å². The van der Waals surface area contributed by atoms with Crippen molar-refractivity contribution in [3.8, 4) is 17.7 Å². The van der Waals surface area contributed by atoms with E-state index in [-0.39, 0.29) is 23.0 Å². The Balaban J connectivity index is 1.74. The summed E-state index contributed by atoms with van der Waals surface area (Å²) >= 11 is 0. The summed E-state index contributed by atoms with van der Waals surface area (Å²) in [4.78, 5) is 32.1. The molecule has 162 valence electrons. The summed E-state index contributed by atoms with van der Waals surface area (Å²) in [5.74, 6) is -0.327. The maximum absolute atomic E-state index is 13.5. The topological polar surface area (TPSA) is 107 Å². The Kier molecular flexibility index (Phi) is 5.20. The van der Waals surface area contributed by atoms with Gasteiger partial charge in [-0.2, -0.15) is 18.4 Å². The predicted molar refractivity (Wildman–Crippen MR) is 107 cm³/mol. The molecule has 12 heteroatoms. The zero-order valence-electron chi connectivity index (χ0n) is 16.7. The first kappa shape index (κ1) is 21.4. The smallest absolute Gasteiger partial charge is 0.359 e. The third-order valence-electron chi connectivity index (χ3n) is 4.66. The molecule has 0 aromatic carbocycles. The van der Waals surface area contributed by atoms with Gasteiger partial charge in [0, 0.05) is 0 Å². The molecule has 0 fully saturated rings. The van der Waals surface area contributed by atoms with Crippen molar-refractivity contribution in [3.05, 3.63) is 88.9 Å². The molecule has 0 aliphatic carbocycles. The van der Waals surface area contributed by atoms with Crippen molar-refractivity contribution < 1.29 is 18.0 Å². The minimum atomic E-state index is -4.86. The molecule has 9 nitrogen and oxygen atoms in total. The lowest BCUT2D eigenvalue weighted by molar-refractivity contribution is -0.142. The number of imidazole rings is 2. The highest BCUT2D eigenvalue weighted by molar-refractivity contribution is 6.06. The number of carbonyl (C=O) groups is 1. The predicted octanol–water partition coefficient (Wildman–Crippen LogP) is 3.83. The molecule has 0 radical (unpaired) electrons. The molecule has 0 atom stereocenters. The molecule has 0 bridgehead atoms. The van der Waals surface area contributed by atoms with Crippen LogP contribution in [0.5, 0.6) is 0 Å². The molecule has 0 aliphatic heterocycles. The lowest BCUT2D eigenvalue weighted by Gasteiger charge is -2.11. The molecule has 0 aliphatic rings. The van der Waals surface area contributed by atoms with E-state index >= 15 is 0 Å². The second kappa shape index (κ2) is 8.01. The van der Waals surface area contributed by atoms with Crippen molar-refractivity contribution in [3.63, 3.8) is 0 Å². The maximum atomic E-state index is 13.5. The van der Waals surface area contributed by atoms with Crippen LogP contribution in [0, 0.1) is 24.8 Å². The van der Waals surface area contributed by atoms with Crippen LogP contribution in [0.2, 0.25) is 0 Å². The van der Waals surface area contributed by atoms with Gasteiger partial charge in [-0.1, -0.05) is 18.7 Å². The molecule has 4 heterocycles. The van der Waals surface area contributed by atoms with Crippen LogP contribution in [-0.4, -0.2) is 34.9 Å². The number of hydrogen-bond acceptors (Lipinski definition) is 6. The number of carbonyl (C=O) groups excluding carboxylic acids is 1. The summed E-state index contributed by atoms with van der Waals surface area (Å²) in [7, 11) is 0. The molecule has 0 amide bonds. The normalized spacial score (nSPS) is 11.1. The molecule has 0 spiro atoms. The van der Waals surface area contributed by atoms with E-state index in [4.69, 9.17) is 11.8 Å². The number of nitriles is 1. The molecule has 0 saturated heterocycles. The van der Waals surface area contributed by atoms with Gasteiger partial charge < -0.3 is 4.85 Å². The van der Waals surface area contributed by atoms with Crippen molar-refractivity contribution >= 4 is 11.6 Å². The average molecular weight is 448 g/mol. The Morgan fingerprint density at radius 3 is 2.12 bits per heavy atom. The zero-order valence-corrected chi connectivity index (χ0v) is 16.7. The molecule has 0 unspecified atom stereocenters. The van der Waals surface area contributed by atoms with Gasteiger partial charge in [0.25, 0.3) is 5.82 Å². The van der Waals surface area contributed by atoms with Crippen molar-refractivity contribution in [2.45, 2.75) is 13.1 Å². The van der Waals surface area contributed by atoms with Gasteiger partial charge in [0.05, 0.1) is 5.69 Å². The summed E-state index contributed by atoms with van der Waals surface area (Å²) in [5, 5.41) is 8.96. The van der Waals surface area contributed by atoms with E-state index in [0.717, 1.165) is 6.33 Å². The molecule has 4 rings (SSSR count). The number of halogens is 3. The fraction of sp³-hybridized carbons (Fsp3) is 0.0952. The van der Waals surface area contributed by atoms with Gasteiger partial charge in [-0.15, -0.1) is 4.98 Å². The second-order valence-electron chi connectivity index (χ2n) is 6.65. The lowest BCUT2D eigenvalue weighted by Crippen LogP contribution is -2.16. The molecular weight excluding hydrogens is 437 g/mol. The largest absolute Gasteiger partial charge is 0.434 e. The van der Waals surface area contributed by atoms with Gasteiger partial charge in [-0.3, -0.25) is 13.9 Å². The lowest BCUT2D eigenvalue weighted by atomic mass is 10.1. The minimum Gasteiger partial charge on any atom is -0.359 e. The van der Waals surface area contributed by atoms with E-state index < -0.39 is 23.3 Å². The molecule has 33 heavy (non-hydrogen) atoms. The SMILES string of the molecule is [C-]#[N+]c1ncn(-c2cccc(C(=O)c3cccc(-n4cnc(C#N)c4C(F)(F)F)n3)n2)c1C. The third kappa shape index (κ3) is 3.81. The average Bonchev–Trinajstić information content (AvgIpc) is 3.42. The Morgan fingerprint density at radius 2 is 1.61 bits per heavy atom. The van der Waals surface area contributed by atoms with Crippen LogP contribution in [0.25, 0.3) is 16.5 Å². The standard InChI is InChI=1S/C21H11F3N8O/c1-12-20(26-2)28-11-31(12)16-7-3-5-13(29-16)18(33)14-6-4-8-17(30-14)32-10-27-15(9-25)19(32)21(22,23)24/h3-8,10-11H,1H3. The van der Waals surface area contributed by atoms with Crippen LogP contribution in [0.1, 0.15) is 33.3 Å². The Bertz CT molecular complexity index is 1470. The first-order chi connectivity index (χ1) is 15.7. The molecular formula is C21H11F3N8O. The summed E-state index contributed by atoms with van der Waals surface area (Å²) in [6.07, 6.45) is -2.62. The molecule has 0 N–H and O–H groups in total. The molecule has 4 aromatic rings. The van der Waals surface area contributed by atoms with Gasteiger partial charge in [-0.25, -0.2) is 15.0 Å². The third-order valence-corrected chi connectivity index (χ3v) is 4.66. The van der Waals surface area contributed by atoms with E-state index in [2.05, 4.69) is 24.8 Å². The van der Waals surface area contributed by atoms with Crippen molar-refractivity contribution in [1.82, 2.24) is 29.1 Å². The van der Waals surface area contributed by atoms with Crippen molar-refractivity contribution in [1.29, 1.82) is 5.26 Å². The van der Waals surface area contributed by atoms with Gasteiger partial charge in [-0.05, 0) is 31.2 Å². The minimum absolute atomic E-state index is 0.00555. The van der Waals surface area contributed by atoms with E-state index in [1.54, 1.807) is 23.6 Å². The van der Waals surface area contributed by atoms with Crippen LogP contribution < -0.4 is 0 Å². The van der Waals surface area contributed by atoms with Gasteiger partial charge in [0.2, 0.25) is 5.78 Å². The Labute approximate surface area is 184 Å². The number of ketones is 1. The zero-order chi connectivity index (χ0) is 23.8. The highest BCUT2D eigenvalue weighted by atomic mass is 19.4. The number of alkyl halides is 3. The van der Waals surface area contributed by atoms with Crippen LogP contribution >= 0.6 is 0 Å². The fourth-order valence-corrected chi connectivity index (χ4v) is 3.11. The summed E-state index contributed by atoms with van der Waals surface area (Å²) < 4.78 is 42.5. The highest BCUT2D eigenvalue weighted by Crippen LogP contribution is 2.33. The monoisotopic (exact) mass is 448 g/mol. The van der Waals surface area contributed by atoms with Crippen LogP contribution in [-0.2, 0) is 6.18 Å². The van der Waals surface area contributed by atoms with Crippen molar-refractivity contribution in [2.75, 3.05) is 0 Å². The van der Waals surface area contributed by atoms with Crippen LogP contribution in [0.4, 0.5) is 19.0 Å². The molecule has 0 saturated carbocycles. The van der Waals surface area contributed by atoms with Gasteiger partial charge in [0.15, 0.2) is 17.7 Å². The summed E-state index contributed by atoms with van der Waals surface area (Å²) in [6.45, 7) is 8.79. The maximum Gasteiger partial charge on any atom is 0.434 e. The number of hydrogen-bond donors (Lipinski definition) is 0. The van der Waals surface area contributed by atoms with Crippen LogP contribution in [0.15, 0.2) is 49.1 Å². The van der Waals surface area contributed by atoms with E-state index in [0.29, 0.717) is 16.1 Å². The van der Waals surface area contributed by atoms with E-state index in [1.165, 1.54) is 36.7 Å². The second-order valence-corrected chi connectivity index (χ2v) is 6.65. The van der Waals surface area contributed by atoms with Gasteiger partial charge >= 0.3 is 6.18 Å². The quantitative estimate of drug-likeness (QED) is 0.347. The van der Waals surface area contributed by atoms with E-state index in [9.17, 15) is 18.0 Å². The van der Waals surface area contributed by atoms with Crippen molar-refractivity contribution in [2.24, 2.45) is 0 Å². The summed E-state index contributed by atoms with van der Waals surface area (Å²) in [5.41, 5.74) is -1.70. The Hall–Kier alpha value is -4.84. The number of aromatic nitrogens is 6. The first-order valence-electron chi connectivity index (χ1n) is 9.20. The Morgan fingerprint density at radius 1 is 1.03 bits per heavy atom.